The van der Waals surface area contributed by atoms with Crippen LogP contribution in [0.3, 0.4) is 0 Å². The molecule has 2 heterocycles. The molecule has 0 bridgehead atoms. The topological polar surface area (TPSA) is 170 Å². The number of aromatic amines is 2. The standard InChI is InChI=1S/C24H21N3O2.C24H20N2O3.C2H6/c1-14-11-16-12-21(22(25)28)26-20(16)13-18(14)23(29)27-24(9-10-24)19-8-4-6-15-5-2-3-7-17(15)19;1-14-11-16-12-21(23(28)29)25-20(16)13-18(14)22(27)26-24(9-10-24)19-8-4-6-15-5-2-3-7-17(15)19;1-2/h2-8,11-13,26H,9-10H2,1H3,(H2,25,28)(H,27,29);2-8,11-13,25H,9-10H2,1H3,(H,26,27)(H,28,29);1-2H3. The van der Waals surface area contributed by atoms with Crippen LogP contribution in [-0.2, 0) is 11.1 Å². The first-order valence-electron chi connectivity index (χ1n) is 20.3. The summed E-state index contributed by atoms with van der Waals surface area (Å²) in [4.78, 5) is 54.9. The van der Waals surface area contributed by atoms with Crippen LogP contribution >= 0.6 is 0 Å². The third-order valence-electron chi connectivity index (χ3n) is 11.7. The molecule has 6 aromatic carbocycles. The first-order chi connectivity index (χ1) is 28.9. The molecule has 60 heavy (non-hydrogen) atoms. The van der Waals surface area contributed by atoms with Gasteiger partial charge in [-0.15, -0.1) is 0 Å². The van der Waals surface area contributed by atoms with Crippen LogP contribution in [-0.4, -0.2) is 38.8 Å². The van der Waals surface area contributed by atoms with E-state index < -0.39 is 11.9 Å². The Bertz CT molecular complexity index is 2790. The summed E-state index contributed by atoms with van der Waals surface area (Å²) >= 11 is 0. The lowest BCUT2D eigenvalue weighted by Crippen LogP contribution is -2.35. The molecule has 2 aromatic heterocycles. The summed E-state index contributed by atoms with van der Waals surface area (Å²) in [6.07, 6.45) is 3.64. The molecule has 0 unspecified atom stereocenters. The lowest BCUT2D eigenvalue weighted by Gasteiger charge is -2.21. The monoisotopic (exact) mass is 797 g/mol. The van der Waals surface area contributed by atoms with Crippen LogP contribution in [0.5, 0.6) is 0 Å². The van der Waals surface area contributed by atoms with E-state index in [1.807, 2.05) is 76.2 Å². The second kappa shape index (κ2) is 15.5. The molecule has 10 rings (SSSR count). The quantitative estimate of drug-likeness (QED) is 0.0898. The fourth-order valence-corrected chi connectivity index (χ4v) is 8.35. The summed E-state index contributed by atoms with van der Waals surface area (Å²) in [7, 11) is 0. The molecule has 7 N–H and O–H groups in total. The Morgan fingerprint density at radius 1 is 0.550 bits per heavy atom. The molecule has 2 fully saturated rings. The zero-order valence-electron chi connectivity index (χ0n) is 34.0. The number of fused-ring (bicyclic) bond motifs is 4. The number of nitrogens with one attached hydrogen (secondary N) is 4. The number of amides is 3. The number of nitrogens with two attached hydrogens (primary N) is 1. The number of primary amides is 1. The van der Waals surface area contributed by atoms with Gasteiger partial charge in [0.2, 0.25) is 0 Å². The number of aromatic carboxylic acids is 1. The molecule has 0 saturated heterocycles. The number of rotatable bonds is 8. The Hall–Kier alpha value is -7.20. The van der Waals surface area contributed by atoms with Crippen LogP contribution in [0.15, 0.2) is 121 Å². The highest BCUT2D eigenvalue weighted by Crippen LogP contribution is 2.49. The number of benzene rings is 6. The predicted molar refractivity (Wildman–Crippen MR) is 238 cm³/mol. The van der Waals surface area contributed by atoms with Crippen molar-refractivity contribution in [1.82, 2.24) is 20.6 Å². The number of carboxylic acid groups (broad SMARTS) is 1. The average Bonchev–Trinajstić information content (AvgIpc) is 4.12. The van der Waals surface area contributed by atoms with Gasteiger partial charge < -0.3 is 31.4 Å². The van der Waals surface area contributed by atoms with Crippen molar-refractivity contribution in [3.63, 3.8) is 0 Å². The van der Waals surface area contributed by atoms with Crippen LogP contribution in [0.2, 0.25) is 0 Å². The van der Waals surface area contributed by atoms with E-state index in [0.717, 1.165) is 69.4 Å². The molecule has 3 amide bonds. The van der Waals surface area contributed by atoms with Gasteiger partial charge in [-0.1, -0.05) is 98.8 Å². The Labute approximate surface area is 347 Å². The Morgan fingerprint density at radius 2 is 0.950 bits per heavy atom. The Balaban J connectivity index is 0.000000160. The van der Waals surface area contributed by atoms with Gasteiger partial charge in [-0.3, -0.25) is 14.4 Å². The van der Waals surface area contributed by atoms with Gasteiger partial charge in [-0.05, 0) is 120 Å². The summed E-state index contributed by atoms with van der Waals surface area (Å²) in [5, 5.41) is 22.1. The highest BCUT2D eigenvalue weighted by atomic mass is 16.4. The minimum Gasteiger partial charge on any atom is -0.477 e. The van der Waals surface area contributed by atoms with Crippen LogP contribution < -0.4 is 16.4 Å². The van der Waals surface area contributed by atoms with E-state index in [-0.39, 0.29) is 28.6 Å². The number of hydrogen-bond donors (Lipinski definition) is 6. The fraction of sp³-hybridized carbons (Fsp3) is 0.200. The van der Waals surface area contributed by atoms with Crippen molar-refractivity contribution >= 4 is 67.0 Å². The van der Waals surface area contributed by atoms with E-state index in [0.29, 0.717) is 22.3 Å². The van der Waals surface area contributed by atoms with Gasteiger partial charge >= 0.3 is 5.97 Å². The molecule has 2 aliphatic rings. The van der Waals surface area contributed by atoms with Gasteiger partial charge in [0.25, 0.3) is 17.7 Å². The lowest BCUT2D eigenvalue weighted by molar-refractivity contribution is 0.0690. The van der Waals surface area contributed by atoms with Crippen molar-refractivity contribution in [3.8, 4) is 0 Å². The number of carboxylic acids is 1. The largest absolute Gasteiger partial charge is 0.477 e. The van der Waals surface area contributed by atoms with E-state index in [9.17, 15) is 24.3 Å². The maximum Gasteiger partial charge on any atom is 0.352 e. The maximum absolute atomic E-state index is 13.2. The van der Waals surface area contributed by atoms with Crippen molar-refractivity contribution in [2.45, 2.75) is 64.5 Å². The second-order valence-corrected chi connectivity index (χ2v) is 15.7. The third-order valence-corrected chi connectivity index (χ3v) is 11.7. The van der Waals surface area contributed by atoms with Gasteiger partial charge in [0.15, 0.2) is 0 Å². The third kappa shape index (κ3) is 7.36. The van der Waals surface area contributed by atoms with Crippen molar-refractivity contribution in [1.29, 1.82) is 0 Å². The number of aryl methyl sites for hydroxylation is 2. The zero-order chi connectivity index (χ0) is 42.3. The average molecular weight is 798 g/mol. The molecule has 302 valence electrons. The molecular formula is C50H47N5O5. The van der Waals surface area contributed by atoms with Crippen molar-refractivity contribution in [2.24, 2.45) is 5.73 Å². The minimum absolute atomic E-state index is 0.106. The molecule has 0 spiro atoms. The van der Waals surface area contributed by atoms with Gasteiger partial charge in [0.05, 0.1) is 11.1 Å². The van der Waals surface area contributed by atoms with Crippen molar-refractivity contribution < 1.29 is 24.3 Å². The first kappa shape index (κ1) is 39.6. The summed E-state index contributed by atoms with van der Waals surface area (Å²) < 4.78 is 0. The minimum atomic E-state index is -1.02. The molecule has 8 aromatic rings. The van der Waals surface area contributed by atoms with Gasteiger partial charge in [-0.25, -0.2) is 4.79 Å². The van der Waals surface area contributed by atoms with Crippen LogP contribution in [0.25, 0.3) is 43.4 Å². The number of hydrogen-bond acceptors (Lipinski definition) is 4. The number of H-pyrrole nitrogens is 2. The molecular weight excluding hydrogens is 751 g/mol. The van der Waals surface area contributed by atoms with Crippen LogP contribution in [0.1, 0.15) is 103 Å². The molecule has 0 atom stereocenters. The summed E-state index contributed by atoms with van der Waals surface area (Å²) in [5.41, 5.74) is 11.7. The fourth-order valence-electron chi connectivity index (χ4n) is 8.35. The van der Waals surface area contributed by atoms with E-state index in [1.54, 1.807) is 24.3 Å². The van der Waals surface area contributed by atoms with E-state index >= 15 is 0 Å². The van der Waals surface area contributed by atoms with Crippen molar-refractivity contribution in [2.75, 3.05) is 0 Å². The predicted octanol–water partition coefficient (Wildman–Crippen LogP) is 9.92. The number of aromatic nitrogens is 2. The molecule has 2 aliphatic carbocycles. The van der Waals surface area contributed by atoms with Gasteiger partial charge in [0.1, 0.15) is 11.4 Å². The summed E-state index contributed by atoms with van der Waals surface area (Å²) in [6.45, 7) is 7.78. The van der Waals surface area contributed by atoms with Gasteiger partial charge in [0, 0.05) is 32.9 Å². The Kier molecular flexibility index (Phi) is 10.2. The van der Waals surface area contributed by atoms with Gasteiger partial charge in [-0.2, -0.15) is 0 Å². The normalized spacial score (nSPS) is 14.4. The Morgan fingerprint density at radius 3 is 1.37 bits per heavy atom. The maximum atomic E-state index is 13.2. The van der Waals surface area contributed by atoms with E-state index in [1.165, 1.54) is 16.3 Å². The second-order valence-electron chi connectivity index (χ2n) is 15.7. The van der Waals surface area contributed by atoms with Crippen LogP contribution in [0, 0.1) is 13.8 Å². The zero-order valence-corrected chi connectivity index (χ0v) is 34.0. The SMILES string of the molecule is CC.Cc1cc2cc(C(=O)O)[nH]c2cc1C(=O)NC1(c2cccc3ccccc23)CC1.Cc1cc2cc(C(N)=O)[nH]c2cc1C(=O)NC1(c2cccc3ccccc23)CC1. The molecule has 10 heteroatoms. The summed E-state index contributed by atoms with van der Waals surface area (Å²) in [5.74, 6) is -1.78. The lowest BCUT2D eigenvalue weighted by atomic mass is 9.96. The molecule has 2 saturated carbocycles. The number of carbonyl (C=O) groups excluding carboxylic acids is 3. The van der Waals surface area contributed by atoms with Crippen molar-refractivity contribution in [3.05, 3.63) is 166 Å². The van der Waals surface area contributed by atoms with E-state index in [4.69, 9.17) is 5.73 Å². The number of carbonyl (C=O) groups is 4. The highest BCUT2D eigenvalue weighted by Gasteiger charge is 2.47. The highest BCUT2D eigenvalue weighted by molar-refractivity contribution is 6.04. The molecule has 0 aliphatic heterocycles. The smallest absolute Gasteiger partial charge is 0.352 e. The van der Waals surface area contributed by atoms with E-state index in [2.05, 4.69) is 69.1 Å². The molecule has 0 radical (unpaired) electrons. The summed E-state index contributed by atoms with van der Waals surface area (Å²) in [6, 6.07) is 39.5. The first-order valence-corrected chi connectivity index (χ1v) is 20.3. The molecule has 10 nitrogen and oxygen atoms in total. The van der Waals surface area contributed by atoms with Crippen LogP contribution in [0.4, 0.5) is 0 Å².